The van der Waals surface area contributed by atoms with Gasteiger partial charge in [0.15, 0.2) is 0 Å². The number of rotatable bonds is 17. The Balaban J connectivity index is 0.000000180. The molecule has 0 radical (unpaired) electrons. The molecule has 2 aliphatic heterocycles. The summed E-state index contributed by atoms with van der Waals surface area (Å²) in [5.74, 6) is 0.339. The normalized spacial score (nSPS) is 18.7. The number of hydrogen-bond donors (Lipinski definition) is 8. The molecule has 6 heterocycles. The number of aromatic amines is 2. The van der Waals surface area contributed by atoms with Crippen LogP contribution in [-0.2, 0) is 19.1 Å². The maximum atomic E-state index is 13.0. The van der Waals surface area contributed by atoms with Gasteiger partial charge in [0.2, 0.25) is 23.7 Å². The van der Waals surface area contributed by atoms with Crippen molar-refractivity contribution in [3.8, 4) is 22.5 Å². The summed E-state index contributed by atoms with van der Waals surface area (Å²) in [5, 5.41) is 22.5. The number of allylic oxidation sites excluding steroid dienone is 1. The summed E-state index contributed by atoms with van der Waals surface area (Å²) in [6.45, 7) is 5.91. The number of carbonyl (C=O) groups is 4. The van der Waals surface area contributed by atoms with Gasteiger partial charge in [-0.25, -0.2) is 19.9 Å². The molecule has 4 aromatic carbocycles. The Morgan fingerprint density at radius 3 is 1.46 bits per heavy atom. The zero-order valence-corrected chi connectivity index (χ0v) is 52.5. The first-order chi connectivity index (χ1) is 43.5. The van der Waals surface area contributed by atoms with Crippen molar-refractivity contribution in [1.29, 1.82) is 0 Å². The summed E-state index contributed by atoms with van der Waals surface area (Å²) in [4.78, 5) is 77.2. The van der Waals surface area contributed by atoms with Gasteiger partial charge in [-0.3, -0.25) is 24.1 Å². The predicted molar refractivity (Wildman–Crippen MR) is 357 cm³/mol. The van der Waals surface area contributed by atoms with Crippen molar-refractivity contribution in [2.45, 2.75) is 94.8 Å². The van der Waals surface area contributed by atoms with Crippen LogP contribution < -0.4 is 31.9 Å². The quantitative estimate of drug-likeness (QED) is 0.0313. The number of ether oxygens (including phenoxy) is 2. The average Bonchev–Trinajstić information content (AvgIpc) is 3.84. The third-order valence-corrected chi connectivity index (χ3v) is 16.8. The van der Waals surface area contributed by atoms with Gasteiger partial charge in [0.05, 0.1) is 47.0 Å². The molecule has 8 aromatic rings. The van der Waals surface area contributed by atoms with Crippen molar-refractivity contribution in [3.05, 3.63) is 167 Å². The van der Waals surface area contributed by atoms with Crippen LogP contribution in [0.5, 0.6) is 0 Å². The highest BCUT2D eigenvalue weighted by Gasteiger charge is 2.27. The van der Waals surface area contributed by atoms with E-state index in [1.165, 1.54) is 25.3 Å². The van der Waals surface area contributed by atoms with Gasteiger partial charge in [0.25, 0.3) is 11.8 Å². The van der Waals surface area contributed by atoms with E-state index in [0.29, 0.717) is 67.7 Å². The fourth-order valence-electron chi connectivity index (χ4n) is 11.3. The molecule has 4 amide bonds. The molecule has 0 unspecified atom stereocenters. The second kappa shape index (κ2) is 32.5. The highest BCUT2D eigenvalue weighted by atomic mass is 79.9. The third-order valence-electron chi connectivity index (χ3n) is 15.9. The summed E-state index contributed by atoms with van der Waals surface area (Å²) in [6.07, 6.45) is 24.8. The van der Waals surface area contributed by atoms with Crippen molar-refractivity contribution in [3.63, 3.8) is 0 Å². The maximum Gasteiger partial charge on any atom is 0.251 e. The van der Waals surface area contributed by atoms with Gasteiger partial charge in [-0.05, 0) is 131 Å². The van der Waals surface area contributed by atoms with Crippen LogP contribution in [0.4, 0.5) is 23.3 Å². The first kappa shape index (κ1) is 64.0. The van der Waals surface area contributed by atoms with E-state index in [1.807, 2.05) is 67.0 Å². The van der Waals surface area contributed by atoms with Crippen molar-refractivity contribution in [2.24, 2.45) is 0 Å². The Labute approximate surface area is 536 Å². The number of H-pyrrole nitrogens is 2. The number of nitrogens with zero attached hydrogens (tertiary/aromatic N) is 5. The largest absolute Gasteiger partial charge is 0.381 e. The van der Waals surface area contributed by atoms with Gasteiger partial charge in [-0.1, -0.05) is 87.7 Å². The lowest BCUT2D eigenvalue weighted by Gasteiger charge is -2.30. The number of carbonyl (C=O) groups excluding carboxylic acids is 4. The number of benzene rings is 4. The van der Waals surface area contributed by atoms with Crippen LogP contribution in [0, 0.1) is 0 Å². The molecule has 2 aliphatic carbocycles. The molecule has 464 valence electrons. The van der Waals surface area contributed by atoms with Crippen molar-refractivity contribution >= 4 is 108 Å². The smallest absolute Gasteiger partial charge is 0.251 e. The molecule has 4 aliphatic rings. The van der Waals surface area contributed by atoms with Crippen LogP contribution in [0.3, 0.4) is 0 Å². The number of halogens is 3. The van der Waals surface area contributed by atoms with E-state index in [4.69, 9.17) is 42.6 Å². The Morgan fingerprint density at radius 2 is 1.01 bits per heavy atom. The number of nitrogens with one attached hydrogen (secondary N) is 8. The van der Waals surface area contributed by atoms with Crippen LogP contribution in [0.1, 0.15) is 91.3 Å². The van der Waals surface area contributed by atoms with Gasteiger partial charge in [-0.2, -0.15) is 0 Å². The number of amides is 4. The molecule has 2 saturated carbocycles. The Hall–Kier alpha value is -7.98. The van der Waals surface area contributed by atoms with Crippen LogP contribution >= 0.6 is 39.1 Å². The number of anilines is 4. The van der Waals surface area contributed by atoms with Gasteiger partial charge in [-0.15, -0.1) is 0 Å². The van der Waals surface area contributed by atoms with E-state index in [9.17, 15) is 19.2 Å². The minimum absolute atomic E-state index is 0.0186. The molecule has 12 rings (SSSR count). The van der Waals surface area contributed by atoms with Crippen LogP contribution in [0.25, 0.3) is 44.3 Å². The van der Waals surface area contributed by atoms with E-state index in [0.717, 1.165) is 124 Å². The standard InChI is InChI=1S/C33H36ClN7O3.C29H28BrClN6O2.C5H10O/c34-28-21-36-33(40-31(28)27-20-35-29-8-2-1-7-26(27)29)39-25-6-3-5-24(19-25)38-32(43)22-10-12-23(13-11-22)37-30(42)9-4-14-41-15-17-44-18-16-41;30-14-4-9-26(38)34-19-12-10-18(11-13-19)28(39)35-20-5-3-6-21(15-20)36-29-33-17-24(31)27(37-29)23-16-32-25-8-2-1-7-22(23)25;1-2-4-6-5-3-1/h1-2,4,7-13,20-21,24-25,35H,3,5-6,14-19H2,(H,37,42)(H,38,43)(H,36,39,40);1-2,4,7-13,16-17,20-21,32H,3,5-6,14-15H2,(H,34,38)(H,35,39)(H,33,36,37);1-5H2/b2*9-4+;/t24-,25+;20-,21+;/m00./s1. The zero-order chi connectivity index (χ0) is 61.7. The molecule has 22 heteroatoms. The highest BCUT2D eigenvalue weighted by Crippen LogP contribution is 2.35. The van der Waals surface area contributed by atoms with Crippen molar-refractivity contribution in [2.75, 3.05) is 72.7 Å². The van der Waals surface area contributed by atoms with Crippen LogP contribution in [0.2, 0.25) is 10.0 Å². The number of morpholine rings is 1. The first-order valence-electron chi connectivity index (χ1n) is 30.4. The lowest BCUT2D eigenvalue weighted by atomic mass is 9.91. The molecule has 0 spiro atoms. The summed E-state index contributed by atoms with van der Waals surface area (Å²) < 4.78 is 10.4. The maximum absolute atomic E-state index is 13.0. The summed E-state index contributed by atoms with van der Waals surface area (Å²) in [7, 11) is 0. The molecule has 0 bridgehead atoms. The van der Waals surface area contributed by atoms with Gasteiger partial charge in [0.1, 0.15) is 0 Å². The fraction of sp³-hybridized carbons (Fsp3) is 0.343. The minimum atomic E-state index is -0.217. The summed E-state index contributed by atoms with van der Waals surface area (Å²) in [5.41, 5.74) is 7.60. The third kappa shape index (κ3) is 18.6. The van der Waals surface area contributed by atoms with Crippen molar-refractivity contribution in [1.82, 2.24) is 45.4 Å². The Morgan fingerprint density at radius 1 is 0.562 bits per heavy atom. The van der Waals surface area contributed by atoms with Gasteiger partial charge < -0.3 is 51.3 Å². The van der Waals surface area contributed by atoms with E-state index < -0.39 is 0 Å². The topological polar surface area (TPSA) is 245 Å². The van der Waals surface area contributed by atoms with Gasteiger partial charge in [0, 0.05) is 142 Å². The van der Waals surface area contributed by atoms with E-state index >= 15 is 0 Å². The average molecular weight is 1310 g/mol. The molecule has 4 aromatic heterocycles. The zero-order valence-electron chi connectivity index (χ0n) is 49.4. The number of alkyl halides is 1. The van der Waals surface area contributed by atoms with Crippen LogP contribution in [-0.4, -0.2) is 134 Å². The Kier molecular flexibility index (Phi) is 23.4. The minimum Gasteiger partial charge on any atom is -0.381 e. The molecular formula is C67H74BrCl2N13O6. The summed E-state index contributed by atoms with van der Waals surface area (Å²) in [6, 6.07) is 30.2. The van der Waals surface area contributed by atoms with E-state index in [2.05, 4.69) is 72.7 Å². The SMILES string of the molecule is C1CCOCC1.O=C(/C=C/CBr)Nc1ccc(C(=O)N[C@H]2CCC[C@@H](Nc3ncc(Cl)c(-c4c[nH]c5ccccc45)n3)C2)cc1.O=C(/C=C/CN1CCOCC1)Nc1ccc(C(=O)N[C@H]2CCC[C@@H](Nc3ncc(Cl)c(-c4c[nH]c5ccccc45)n3)C2)cc1. The van der Waals surface area contributed by atoms with Gasteiger partial charge >= 0.3 is 0 Å². The molecule has 19 nitrogen and oxygen atoms in total. The molecule has 2 saturated heterocycles. The Bertz CT molecular complexity index is 3710. The van der Waals surface area contributed by atoms with E-state index in [-0.39, 0.29) is 47.8 Å². The second-order valence-electron chi connectivity index (χ2n) is 22.3. The van der Waals surface area contributed by atoms with Crippen molar-refractivity contribution < 1.29 is 28.7 Å². The second-order valence-corrected chi connectivity index (χ2v) is 23.8. The molecule has 89 heavy (non-hydrogen) atoms. The number of para-hydroxylation sites is 2. The van der Waals surface area contributed by atoms with E-state index in [1.54, 1.807) is 73.1 Å². The molecular weight excluding hydrogens is 1230 g/mol. The number of hydrogen-bond acceptors (Lipinski definition) is 13. The molecule has 4 atom stereocenters. The molecule has 4 fully saturated rings. The lowest BCUT2D eigenvalue weighted by molar-refractivity contribution is -0.112. The summed E-state index contributed by atoms with van der Waals surface area (Å²) >= 11 is 16.2. The number of fused-ring (bicyclic) bond motifs is 2. The monoisotopic (exact) mass is 1310 g/mol. The fourth-order valence-corrected chi connectivity index (χ4v) is 11.9. The molecule has 8 N–H and O–H groups in total. The lowest BCUT2D eigenvalue weighted by Crippen LogP contribution is -2.42. The van der Waals surface area contributed by atoms with Crippen LogP contribution in [0.15, 0.2) is 146 Å². The predicted octanol–water partition coefficient (Wildman–Crippen LogP) is 12.8. The highest BCUT2D eigenvalue weighted by molar-refractivity contribution is 9.09. The first-order valence-corrected chi connectivity index (χ1v) is 32.3. The number of aromatic nitrogens is 6.